The minimum absolute atomic E-state index is 0.137. The van der Waals surface area contributed by atoms with E-state index in [1.165, 1.54) is 40.3 Å². The maximum atomic E-state index is 15.1. The topological polar surface area (TPSA) is 129 Å². The number of alkyl halides is 2. The predicted molar refractivity (Wildman–Crippen MR) is 152 cm³/mol. The third-order valence-corrected chi connectivity index (χ3v) is 7.33. The van der Waals surface area contributed by atoms with Gasteiger partial charge in [-0.2, -0.15) is 0 Å². The second-order valence-corrected chi connectivity index (χ2v) is 12.2. The fourth-order valence-corrected chi connectivity index (χ4v) is 4.52. The van der Waals surface area contributed by atoms with Gasteiger partial charge in [0.15, 0.2) is 6.61 Å². The monoisotopic (exact) mass is 606 g/mol. The van der Waals surface area contributed by atoms with Crippen molar-refractivity contribution in [2.24, 2.45) is 5.41 Å². The summed E-state index contributed by atoms with van der Waals surface area (Å²) in [7, 11) is 2.64. The van der Waals surface area contributed by atoms with E-state index < -0.39 is 53.3 Å². The van der Waals surface area contributed by atoms with Crippen molar-refractivity contribution in [3.05, 3.63) is 47.7 Å². The Morgan fingerprint density at radius 1 is 1.09 bits per heavy atom. The van der Waals surface area contributed by atoms with Crippen LogP contribution in [0.2, 0.25) is 0 Å². The van der Waals surface area contributed by atoms with Gasteiger partial charge in [0.25, 0.3) is 5.92 Å². The maximum Gasteiger partial charge on any atom is 0.428 e. The summed E-state index contributed by atoms with van der Waals surface area (Å²) in [5, 5.41) is 4.67. The molecule has 1 aliphatic rings. The van der Waals surface area contributed by atoms with E-state index in [0.717, 1.165) is 15.3 Å². The molecule has 1 fully saturated rings. The van der Waals surface area contributed by atoms with Crippen LogP contribution >= 0.6 is 0 Å². The Labute approximate surface area is 249 Å². The van der Waals surface area contributed by atoms with Gasteiger partial charge in [0.05, 0.1) is 17.9 Å². The molecule has 2 amide bonds. The highest BCUT2D eigenvalue weighted by molar-refractivity contribution is 5.89. The molecule has 0 aliphatic heterocycles. The predicted octanol–water partition coefficient (Wildman–Crippen LogP) is 4.69. The van der Waals surface area contributed by atoms with E-state index in [1.807, 2.05) is 0 Å². The molecule has 1 saturated carbocycles. The van der Waals surface area contributed by atoms with Crippen molar-refractivity contribution in [2.75, 3.05) is 20.8 Å². The second-order valence-electron chi connectivity index (χ2n) is 12.2. The molecule has 0 spiro atoms. The van der Waals surface area contributed by atoms with Gasteiger partial charge in [-0.05, 0) is 64.5 Å². The summed E-state index contributed by atoms with van der Waals surface area (Å²) in [6, 6.07) is 8.18. The lowest BCUT2D eigenvalue weighted by atomic mass is 9.76. The standard InChI is InChI=1S/C30H40F2N4O7/c1-20(37)36-16-11-23(33-36)42-19-30(31,32)15-12-28(5,24(38)34-35(6)26(40)43-27(2,3)4)22-10-8-9-21(17-22)18-29(13-14-29)25(39)41-7/h8-11,16-17H,12-15,18-19H2,1-7H3,(H,34,38). The third kappa shape index (κ3) is 8.74. The number of esters is 1. The van der Waals surface area contributed by atoms with Gasteiger partial charge in [-0.25, -0.2) is 23.3 Å². The number of rotatable bonds is 11. The molecule has 1 aromatic carbocycles. The molecule has 236 valence electrons. The molecule has 11 nitrogen and oxygen atoms in total. The number of amides is 2. The number of aromatic nitrogens is 2. The lowest BCUT2D eigenvalue weighted by molar-refractivity contribution is -0.147. The van der Waals surface area contributed by atoms with Crippen molar-refractivity contribution < 1.29 is 42.2 Å². The number of carbonyl (C=O) groups is 4. The smallest absolute Gasteiger partial charge is 0.428 e. The molecule has 43 heavy (non-hydrogen) atoms. The molecule has 1 unspecified atom stereocenters. The van der Waals surface area contributed by atoms with Crippen LogP contribution in [0, 0.1) is 5.41 Å². The number of halogens is 2. The number of carbonyl (C=O) groups excluding carboxylic acids is 4. The number of hydrogen-bond acceptors (Lipinski definition) is 8. The Balaban J connectivity index is 1.83. The van der Waals surface area contributed by atoms with Crippen LogP contribution in [-0.2, 0) is 30.9 Å². The van der Waals surface area contributed by atoms with Gasteiger partial charge in [-0.15, -0.1) is 5.10 Å². The number of hydrogen-bond donors (Lipinski definition) is 1. The van der Waals surface area contributed by atoms with E-state index in [4.69, 9.17) is 14.2 Å². The number of methoxy groups -OCH3 is 1. The molecule has 0 bridgehead atoms. The van der Waals surface area contributed by atoms with Crippen molar-refractivity contribution in [3.8, 4) is 5.88 Å². The molecule has 2 aromatic rings. The second kappa shape index (κ2) is 12.7. The number of nitrogens with one attached hydrogen (secondary N) is 1. The van der Waals surface area contributed by atoms with Crippen molar-refractivity contribution in [3.63, 3.8) is 0 Å². The van der Waals surface area contributed by atoms with Gasteiger partial charge in [0.1, 0.15) is 5.60 Å². The van der Waals surface area contributed by atoms with Crippen LogP contribution < -0.4 is 10.2 Å². The van der Waals surface area contributed by atoms with Gasteiger partial charge in [0, 0.05) is 32.7 Å². The lowest BCUT2D eigenvalue weighted by Gasteiger charge is -2.33. The zero-order valence-corrected chi connectivity index (χ0v) is 25.7. The van der Waals surface area contributed by atoms with E-state index in [-0.39, 0.29) is 18.3 Å². The van der Waals surface area contributed by atoms with Crippen LogP contribution in [0.25, 0.3) is 0 Å². The number of nitrogens with zero attached hydrogens (tertiary/aromatic N) is 3. The highest BCUT2D eigenvalue weighted by Gasteiger charge is 2.51. The molecule has 0 saturated heterocycles. The molecular formula is C30H40F2N4O7. The number of hydrazine groups is 1. The highest BCUT2D eigenvalue weighted by atomic mass is 19.3. The van der Waals surface area contributed by atoms with Crippen LogP contribution in [-0.4, -0.2) is 71.0 Å². The Bertz CT molecular complexity index is 1350. The van der Waals surface area contributed by atoms with Crippen LogP contribution in [0.3, 0.4) is 0 Å². The van der Waals surface area contributed by atoms with Crippen molar-refractivity contribution in [2.45, 2.75) is 83.7 Å². The van der Waals surface area contributed by atoms with Gasteiger partial charge < -0.3 is 14.2 Å². The summed E-state index contributed by atoms with van der Waals surface area (Å²) >= 11 is 0. The van der Waals surface area contributed by atoms with Crippen molar-refractivity contribution >= 4 is 23.9 Å². The molecule has 1 aromatic heterocycles. The lowest BCUT2D eigenvalue weighted by Crippen LogP contribution is -2.52. The quantitative estimate of drug-likeness (QED) is 0.288. The van der Waals surface area contributed by atoms with Gasteiger partial charge >= 0.3 is 12.1 Å². The molecule has 3 rings (SSSR count). The van der Waals surface area contributed by atoms with E-state index in [2.05, 4.69) is 10.5 Å². The first-order valence-corrected chi connectivity index (χ1v) is 13.9. The summed E-state index contributed by atoms with van der Waals surface area (Å²) in [5.74, 6) is -4.93. The molecule has 1 atom stereocenters. The van der Waals surface area contributed by atoms with Gasteiger partial charge in [0.2, 0.25) is 17.7 Å². The maximum absolute atomic E-state index is 15.1. The van der Waals surface area contributed by atoms with E-state index in [9.17, 15) is 19.2 Å². The average Bonchev–Trinajstić information content (AvgIpc) is 3.54. The Hall–Kier alpha value is -4.03. The minimum atomic E-state index is -3.38. The Morgan fingerprint density at radius 3 is 2.33 bits per heavy atom. The molecule has 0 radical (unpaired) electrons. The van der Waals surface area contributed by atoms with Crippen molar-refractivity contribution in [1.82, 2.24) is 20.2 Å². The van der Waals surface area contributed by atoms with Crippen LogP contribution in [0.4, 0.5) is 13.6 Å². The van der Waals surface area contributed by atoms with Crippen molar-refractivity contribution in [1.29, 1.82) is 0 Å². The molecule has 13 heteroatoms. The number of ether oxygens (including phenoxy) is 3. The Kier molecular flexibility index (Phi) is 9.87. The molecule has 1 aliphatic carbocycles. The summed E-state index contributed by atoms with van der Waals surface area (Å²) in [4.78, 5) is 50.0. The fraction of sp³-hybridized carbons (Fsp3) is 0.567. The zero-order valence-electron chi connectivity index (χ0n) is 25.7. The summed E-state index contributed by atoms with van der Waals surface area (Å²) in [6.45, 7) is 6.78. The van der Waals surface area contributed by atoms with Gasteiger partial charge in [-0.1, -0.05) is 24.3 Å². The Morgan fingerprint density at radius 2 is 1.77 bits per heavy atom. The average molecular weight is 607 g/mol. The van der Waals surface area contributed by atoms with Crippen LogP contribution in [0.5, 0.6) is 5.88 Å². The first-order valence-electron chi connectivity index (χ1n) is 13.9. The highest BCUT2D eigenvalue weighted by Crippen LogP contribution is 2.49. The normalized spacial score (nSPS) is 15.6. The van der Waals surface area contributed by atoms with E-state index in [0.29, 0.717) is 24.8 Å². The molecule has 1 N–H and O–H groups in total. The minimum Gasteiger partial charge on any atom is -0.470 e. The SMILES string of the molecule is COC(=O)C1(Cc2cccc(C(C)(CCC(F)(F)COc3ccn(C(C)=O)n3)C(=O)NN(C)C(=O)OC(C)(C)C)c2)CC1. The van der Waals surface area contributed by atoms with E-state index >= 15 is 8.78 Å². The summed E-state index contributed by atoms with van der Waals surface area (Å²) in [5.41, 5.74) is 0.661. The zero-order chi connectivity index (χ0) is 32.2. The third-order valence-electron chi connectivity index (χ3n) is 7.33. The first kappa shape index (κ1) is 33.5. The molecule has 1 heterocycles. The number of benzene rings is 1. The van der Waals surface area contributed by atoms with Crippen LogP contribution in [0.1, 0.15) is 76.2 Å². The first-order chi connectivity index (χ1) is 19.9. The van der Waals surface area contributed by atoms with E-state index in [1.54, 1.807) is 45.0 Å². The summed E-state index contributed by atoms with van der Waals surface area (Å²) < 4.78 is 46.6. The largest absolute Gasteiger partial charge is 0.470 e. The summed E-state index contributed by atoms with van der Waals surface area (Å²) in [6.07, 6.45) is 1.10. The molecular weight excluding hydrogens is 566 g/mol. The van der Waals surface area contributed by atoms with Gasteiger partial charge in [-0.3, -0.25) is 19.8 Å². The van der Waals surface area contributed by atoms with Crippen LogP contribution in [0.15, 0.2) is 36.5 Å². The fourth-order valence-electron chi connectivity index (χ4n) is 4.52.